The maximum absolute atomic E-state index is 11.9. The van der Waals surface area contributed by atoms with Gasteiger partial charge in [-0.15, -0.1) is 0 Å². The van der Waals surface area contributed by atoms with E-state index in [1.807, 2.05) is 0 Å². The van der Waals surface area contributed by atoms with E-state index in [-0.39, 0.29) is 11.5 Å². The van der Waals surface area contributed by atoms with Gasteiger partial charge in [0.15, 0.2) is 0 Å². The summed E-state index contributed by atoms with van der Waals surface area (Å²) >= 11 is 0. The second kappa shape index (κ2) is 12.8. The largest absolute Gasteiger partial charge is 0.507 e. The molecule has 25 heavy (non-hydrogen) atoms. The van der Waals surface area contributed by atoms with E-state index in [1.54, 1.807) is 18.2 Å². The summed E-state index contributed by atoms with van der Waals surface area (Å²) in [6, 6.07) is 6.64. The standard InChI is InChI=1S/C19H32N2O3S/c1-2-3-4-5-6-7-8-9-10-13-16-25(23,24)21-20-17-18-14-11-12-15-19(18)22/h11-12,14-15,17,21-22H,2-10,13,16H2,1H3/b20-17-. The van der Waals surface area contributed by atoms with Crippen molar-refractivity contribution in [1.82, 2.24) is 4.83 Å². The molecule has 0 aliphatic carbocycles. The van der Waals surface area contributed by atoms with Gasteiger partial charge in [-0.25, -0.2) is 13.2 Å². The molecule has 1 aromatic carbocycles. The van der Waals surface area contributed by atoms with Gasteiger partial charge in [0.25, 0.3) is 0 Å². The molecule has 0 aliphatic rings. The molecule has 142 valence electrons. The first-order valence-corrected chi connectivity index (χ1v) is 11.0. The number of nitrogens with one attached hydrogen (secondary N) is 1. The van der Waals surface area contributed by atoms with Crippen LogP contribution in [-0.2, 0) is 10.0 Å². The quantitative estimate of drug-likeness (QED) is 0.287. The van der Waals surface area contributed by atoms with Crippen molar-refractivity contribution in [3.8, 4) is 5.75 Å². The number of benzene rings is 1. The van der Waals surface area contributed by atoms with Gasteiger partial charge in [0.05, 0.1) is 12.0 Å². The summed E-state index contributed by atoms with van der Waals surface area (Å²) in [5.41, 5.74) is 0.476. The average molecular weight is 369 g/mol. The first-order chi connectivity index (χ1) is 12.0. The Kier molecular flexibility index (Phi) is 11.0. The monoisotopic (exact) mass is 368 g/mol. The molecule has 0 fully saturated rings. The molecule has 0 spiro atoms. The van der Waals surface area contributed by atoms with Crippen LogP contribution in [0.25, 0.3) is 0 Å². The Labute approximate surface area is 152 Å². The van der Waals surface area contributed by atoms with Gasteiger partial charge in [0.2, 0.25) is 10.0 Å². The van der Waals surface area contributed by atoms with Gasteiger partial charge >= 0.3 is 0 Å². The van der Waals surface area contributed by atoms with Gasteiger partial charge in [0, 0.05) is 5.56 Å². The first kappa shape index (κ1) is 21.5. The van der Waals surface area contributed by atoms with E-state index in [4.69, 9.17) is 0 Å². The molecular formula is C19H32N2O3S. The third-order valence-electron chi connectivity index (χ3n) is 4.10. The Morgan fingerprint density at radius 3 is 2.12 bits per heavy atom. The van der Waals surface area contributed by atoms with Gasteiger partial charge in [-0.05, 0) is 18.6 Å². The molecule has 2 N–H and O–H groups in total. The SMILES string of the molecule is CCCCCCCCCCCCS(=O)(=O)N/N=C\c1ccccc1O. The molecule has 0 saturated carbocycles. The van der Waals surface area contributed by atoms with Crippen molar-refractivity contribution < 1.29 is 13.5 Å². The number of phenols is 1. The summed E-state index contributed by atoms with van der Waals surface area (Å²) in [4.78, 5) is 2.20. The molecular weight excluding hydrogens is 336 g/mol. The van der Waals surface area contributed by atoms with E-state index in [1.165, 1.54) is 57.2 Å². The topological polar surface area (TPSA) is 78.8 Å². The van der Waals surface area contributed by atoms with Crippen LogP contribution >= 0.6 is 0 Å². The summed E-state index contributed by atoms with van der Waals surface area (Å²) in [7, 11) is -3.40. The highest BCUT2D eigenvalue weighted by Gasteiger charge is 2.07. The number of aromatic hydroxyl groups is 1. The predicted octanol–water partition coefficient (Wildman–Crippen LogP) is 4.57. The third-order valence-corrected chi connectivity index (χ3v) is 5.31. The molecule has 0 amide bonds. The molecule has 0 atom stereocenters. The number of hydrazone groups is 1. The molecule has 0 aliphatic heterocycles. The lowest BCUT2D eigenvalue weighted by Crippen LogP contribution is -2.21. The van der Waals surface area contributed by atoms with Gasteiger partial charge in [-0.1, -0.05) is 76.8 Å². The highest BCUT2D eigenvalue weighted by Crippen LogP contribution is 2.13. The fourth-order valence-electron chi connectivity index (χ4n) is 2.60. The van der Waals surface area contributed by atoms with Gasteiger partial charge in [0.1, 0.15) is 5.75 Å². The maximum atomic E-state index is 11.9. The van der Waals surface area contributed by atoms with E-state index < -0.39 is 10.0 Å². The van der Waals surface area contributed by atoms with Crippen LogP contribution in [0.2, 0.25) is 0 Å². The minimum absolute atomic E-state index is 0.0696. The molecule has 1 aromatic rings. The molecule has 6 heteroatoms. The van der Waals surface area contributed by atoms with Gasteiger partial charge in [-0.2, -0.15) is 5.10 Å². The van der Waals surface area contributed by atoms with Crippen LogP contribution < -0.4 is 4.83 Å². The normalized spacial score (nSPS) is 11.9. The Hall–Kier alpha value is -1.56. The molecule has 0 heterocycles. The maximum Gasteiger partial charge on any atom is 0.247 e. The zero-order chi connectivity index (χ0) is 18.4. The van der Waals surface area contributed by atoms with Crippen molar-refractivity contribution in [2.75, 3.05) is 5.75 Å². The molecule has 0 radical (unpaired) electrons. The third kappa shape index (κ3) is 10.8. The Bertz CT molecular complexity index is 600. The van der Waals surface area contributed by atoms with E-state index >= 15 is 0 Å². The Balaban J connectivity index is 2.10. The second-order valence-corrected chi connectivity index (χ2v) is 8.23. The van der Waals surface area contributed by atoms with Crippen LogP contribution in [0.5, 0.6) is 5.75 Å². The average Bonchev–Trinajstić information content (AvgIpc) is 2.58. The van der Waals surface area contributed by atoms with Crippen LogP contribution in [0.15, 0.2) is 29.4 Å². The summed E-state index contributed by atoms with van der Waals surface area (Å²) in [6.07, 6.45) is 13.0. The first-order valence-electron chi connectivity index (χ1n) is 9.35. The van der Waals surface area contributed by atoms with Crippen LogP contribution in [0, 0.1) is 0 Å². The fraction of sp³-hybridized carbons (Fsp3) is 0.632. The summed E-state index contributed by atoms with van der Waals surface area (Å²) in [5.74, 6) is 0.155. The molecule has 1 rings (SSSR count). The number of sulfonamides is 1. The lowest BCUT2D eigenvalue weighted by atomic mass is 10.1. The van der Waals surface area contributed by atoms with Gasteiger partial charge < -0.3 is 5.11 Å². The predicted molar refractivity (Wildman–Crippen MR) is 104 cm³/mol. The lowest BCUT2D eigenvalue weighted by Gasteiger charge is -2.04. The van der Waals surface area contributed by atoms with E-state index in [0.29, 0.717) is 12.0 Å². The zero-order valence-corrected chi connectivity index (χ0v) is 16.1. The summed E-state index contributed by atoms with van der Waals surface area (Å²) in [6.45, 7) is 2.22. The minimum atomic E-state index is -3.40. The summed E-state index contributed by atoms with van der Waals surface area (Å²) < 4.78 is 23.7. The van der Waals surface area contributed by atoms with Gasteiger partial charge in [-0.3, -0.25) is 0 Å². The van der Waals surface area contributed by atoms with Crippen molar-refractivity contribution in [3.05, 3.63) is 29.8 Å². The highest BCUT2D eigenvalue weighted by atomic mass is 32.2. The fourth-order valence-corrected chi connectivity index (χ4v) is 3.49. The van der Waals surface area contributed by atoms with Crippen molar-refractivity contribution >= 4 is 16.2 Å². The molecule has 0 bridgehead atoms. The second-order valence-electron chi connectivity index (χ2n) is 6.41. The van der Waals surface area contributed by atoms with Crippen LogP contribution in [-0.4, -0.2) is 25.5 Å². The number of nitrogens with zero attached hydrogens (tertiary/aromatic N) is 1. The van der Waals surface area contributed by atoms with Crippen LogP contribution in [0.3, 0.4) is 0 Å². The number of para-hydroxylation sites is 1. The molecule has 0 aromatic heterocycles. The number of unbranched alkanes of at least 4 members (excludes halogenated alkanes) is 9. The Morgan fingerprint density at radius 1 is 0.960 bits per heavy atom. The highest BCUT2D eigenvalue weighted by molar-refractivity contribution is 7.89. The zero-order valence-electron chi connectivity index (χ0n) is 15.3. The van der Waals surface area contributed by atoms with Crippen molar-refractivity contribution in [2.24, 2.45) is 5.10 Å². The molecule has 0 saturated heterocycles. The number of rotatable bonds is 14. The summed E-state index contributed by atoms with van der Waals surface area (Å²) in [5, 5.41) is 13.3. The molecule has 5 nitrogen and oxygen atoms in total. The van der Waals surface area contributed by atoms with E-state index in [9.17, 15) is 13.5 Å². The van der Waals surface area contributed by atoms with Crippen molar-refractivity contribution in [3.63, 3.8) is 0 Å². The van der Waals surface area contributed by atoms with E-state index in [0.717, 1.165) is 12.8 Å². The number of hydrogen-bond acceptors (Lipinski definition) is 4. The van der Waals surface area contributed by atoms with E-state index in [2.05, 4.69) is 16.9 Å². The minimum Gasteiger partial charge on any atom is -0.507 e. The van der Waals surface area contributed by atoms with Crippen molar-refractivity contribution in [1.29, 1.82) is 0 Å². The van der Waals surface area contributed by atoms with Crippen LogP contribution in [0.1, 0.15) is 76.7 Å². The van der Waals surface area contributed by atoms with Crippen LogP contribution in [0.4, 0.5) is 0 Å². The number of hydrogen-bond donors (Lipinski definition) is 2. The van der Waals surface area contributed by atoms with Crippen molar-refractivity contribution in [2.45, 2.75) is 71.1 Å². The molecule has 0 unspecified atom stereocenters. The smallest absolute Gasteiger partial charge is 0.247 e. The number of phenolic OH excluding ortho intramolecular Hbond substituents is 1. The Morgan fingerprint density at radius 2 is 1.52 bits per heavy atom. The lowest BCUT2D eigenvalue weighted by molar-refractivity contribution is 0.474.